The van der Waals surface area contributed by atoms with Crippen LogP contribution in [0.25, 0.3) is 0 Å². The summed E-state index contributed by atoms with van der Waals surface area (Å²) in [5.74, 6) is 0. The minimum absolute atomic E-state index is 0. The van der Waals surface area contributed by atoms with Gasteiger partial charge in [0.05, 0.1) is 0 Å². The summed E-state index contributed by atoms with van der Waals surface area (Å²) in [5.41, 5.74) is 3.31. The van der Waals surface area contributed by atoms with Crippen molar-refractivity contribution in [2.45, 2.75) is 91.7 Å². The number of hydrogen-bond acceptors (Lipinski definition) is 1. The first-order chi connectivity index (χ1) is 12.4. The molecule has 1 aliphatic rings. The predicted molar refractivity (Wildman–Crippen MR) is 134 cm³/mol. The molecule has 30 heavy (non-hydrogen) atoms. The molecule has 0 radical (unpaired) electrons. The summed E-state index contributed by atoms with van der Waals surface area (Å²) in [4.78, 5) is 0. The molecule has 0 bridgehead atoms. The summed E-state index contributed by atoms with van der Waals surface area (Å²) >= 11 is 0. The summed E-state index contributed by atoms with van der Waals surface area (Å²) < 4.78 is 7.16. The van der Waals surface area contributed by atoms with Crippen LogP contribution < -0.4 is 124 Å². The normalized spacial score (nSPS) is 19.5. The smallest absolute Gasteiger partial charge is 0.451 e. The van der Waals surface area contributed by atoms with Crippen molar-refractivity contribution in [1.29, 1.82) is 0 Å². The number of hydrogen-bond donors (Lipinski definition) is 0. The maximum atomic E-state index is 7.16. The maximum Gasteiger partial charge on any atom is 1.00 e. The van der Waals surface area contributed by atoms with Crippen molar-refractivity contribution in [3.8, 4) is 0 Å². The first-order valence-corrected chi connectivity index (χ1v) is 19.5. The van der Waals surface area contributed by atoms with Crippen LogP contribution in [0.3, 0.4) is 0 Å². The van der Waals surface area contributed by atoms with Gasteiger partial charge in [-0.3, -0.25) is 0 Å². The van der Waals surface area contributed by atoms with E-state index in [1.54, 1.807) is 20.7 Å². The molecule has 2 aromatic rings. The topological polar surface area (TPSA) is 9.23 Å². The zero-order chi connectivity index (χ0) is 21.5. The minimum atomic E-state index is -1.98. The first kappa shape index (κ1) is 30.6. The average molecular weight is 507 g/mol. The van der Waals surface area contributed by atoms with Gasteiger partial charge < -0.3 is 4.12 Å². The molecule has 0 unspecified atom stereocenters. The summed E-state index contributed by atoms with van der Waals surface area (Å²) in [6.45, 7) is 28.9. The Hall–Kier alpha value is 2.58. The van der Waals surface area contributed by atoms with Gasteiger partial charge in [-0.1, -0.05) is 54.6 Å². The monoisotopic (exact) mass is 506 g/mol. The van der Waals surface area contributed by atoms with E-state index >= 15 is 0 Å². The second-order valence-electron chi connectivity index (χ2n) is 12.4. The van der Waals surface area contributed by atoms with Crippen molar-refractivity contribution < 1.29 is 107 Å². The van der Waals surface area contributed by atoms with Crippen molar-refractivity contribution >= 4 is 45.5 Å². The third-order valence-electron chi connectivity index (χ3n) is 6.67. The zero-order valence-corrected chi connectivity index (χ0v) is 31.5. The van der Waals surface area contributed by atoms with Crippen molar-refractivity contribution in [2.24, 2.45) is 0 Å². The van der Waals surface area contributed by atoms with E-state index in [0.717, 1.165) is 0 Å². The van der Waals surface area contributed by atoms with Gasteiger partial charge in [-0.15, -0.1) is 0 Å². The molecule has 0 saturated heterocycles. The van der Waals surface area contributed by atoms with E-state index < -0.39 is 24.7 Å². The van der Waals surface area contributed by atoms with Gasteiger partial charge in [0, 0.05) is 0 Å². The number of fused-ring (bicyclic) bond motifs is 2. The van der Waals surface area contributed by atoms with Gasteiger partial charge in [0.2, 0.25) is 0 Å². The summed E-state index contributed by atoms with van der Waals surface area (Å²) in [6, 6.07) is 10.1. The Morgan fingerprint density at radius 1 is 0.633 bits per heavy atom. The fourth-order valence-electron chi connectivity index (χ4n) is 4.81. The fraction of sp³-hybridized carbons (Fsp3) is 0.583. The van der Waals surface area contributed by atoms with Crippen molar-refractivity contribution in [3.05, 3.63) is 35.4 Å². The predicted octanol–water partition coefficient (Wildman–Crippen LogP) is -1.60. The molecule has 0 aliphatic carbocycles. The largest absolute Gasteiger partial charge is 1.00 e. The molecule has 1 heterocycles. The molecule has 0 amide bonds. The Kier molecular flexibility index (Phi) is 9.76. The summed E-state index contributed by atoms with van der Waals surface area (Å²) in [5, 5.41) is 6.40. The summed E-state index contributed by atoms with van der Waals surface area (Å²) in [6.07, 6.45) is 0. The van der Waals surface area contributed by atoms with Crippen LogP contribution in [0.4, 0.5) is 0 Å². The van der Waals surface area contributed by atoms with Crippen LogP contribution in [0.15, 0.2) is 24.3 Å². The van der Waals surface area contributed by atoms with Crippen molar-refractivity contribution in [3.63, 3.8) is 0 Å². The maximum absolute atomic E-state index is 7.16. The van der Waals surface area contributed by atoms with Gasteiger partial charge >= 0.3 is 103 Å². The molecule has 0 spiro atoms. The first-order valence-electron chi connectivity index (χ1n) is 10.7. The second kappa shape index (κ2) is 9.56. The zero-order valence-electron chi connectivity index (χ0n) is 22.2. The number of rotatable bonds is 0. The van der Waals surface area contributed by atoms with Crippen LogP contribution in [0.1, 0.15) is 52.7 Å². The van der Waals surface area contributed by atoms with Gasteiger partial charge in [0.1, 0.15) is 0 Å². The van der Waals surface area contributed by atoms with Crippen LogP contribution in [0.2, 0.25) is 39.3 Å². The Morgan fingerprint density at radius 3 is 1.20 bits per heavy atom. The van der Waals surface area contributed by atoms with Crippen molar-refractivity contribution in [1.82, 2.24) is 0 Å². The minimum Gasteiger partial charge on any atom is -0.451 e. The second-order valence-corrected chi connectivity index (χ2v) is 24.7. The average Bonchev–Trinajstić information content (AvgIpc) is 3.10. The third kappa shape index (κ3) is 5.69. The van der Waals surface area contributed by atoms with E-state index in [1.807, 2.05) is 0 Å². The molecule has 0 fully saturated rings. The molecule has 1 aliphatic heterocycles. The third-order valence-corrected chi connectivity index (χ3v) is 18.2. The van der Waals surface area contributed by atoms with Gasteiger partial charge in [0.15, 0.2) is 16.6 Å². The molecule has 0 saturated carbocycles. The van der Waals surface area contributed by atoms with Crippen LogP contribution in [-0.2, 0) is 14.9 Å². The SMILES string of the molecule is CC(C)(C)c1cc2c([cH-]1)[Si](C)(C)O[Si](C)(C)c1[cH-]c(C(C)(C)C)cc1[Si]2(C)C.[K+].[K+]. The van der Waals surface area contributed by atoms with Crippen molar-refractivity contribution in [2.75, 3.05) is 0 Å². The summed E-state index contributed by atoms with van der Waals surface area (Å²) in [7, 11) is -5.79. The molecule has 1 nitrogen and oxygen atoms in total. The molecule has 156 valence electrons. The van der Waals surface area contributed by atoms with Crippen LogP contribution in [-0.4, -0.2) is 24.7 Å². The molecule has 0 N–H and O–H groups in total. The molecular weight excluding hydrogens is 467 g/mol. The van der Waals surface area contributed by atoms with E-state index in [4.69, 9.17) is 4.12 Å². The van der Waals surface area contributed by atoms with Crippen LogP contribution in [0, 0.1) is 0 Å². The quantitative estimate of drug-likeness (QED) is 0.309. The molecule has 2 aromatic carbocycles. The molecular formula is C24H40K2OSi3. The van der Waals surface area contributed by atoms with Gasteiger partial charge in [-0.05, 0) is 45.1 Å². The molecule has 3 rings (SSSR count). The van der Waals surface area contributed by atoms with Gasteiger partial charge in [0.25, 0.3) is 0 Å². The fourth-order valence-corrected chi connectivity index (χ4v) is 19.7. The Morgan fingerprint density at radius 2 is 0.933 bits per heavy atom. The molecule has 0 aromatic heterocycles. The van der Waals surface area contributed by atoms with E-state index in [2.05, 4.69) is 105 Å². The molecule has 6 heteroatoms. The van der Waals surface area contributed by atoms with Gasteiger partial charge in [-0.2, -0.15) is 33.6 Å². The van der Waals surface area contributed by atoms with E-state index in [0.29, 0.717) is 0 Å². The Bertz CT molecular complexity index is 834. The van der Waals surface area contributed by atoms with E-state index in [1.165, 1.54) is 11.1 Å². The van der Waals surface area contributed by atoms with E-state index in [9.17, 15) is 0 Å². The van der Waals surface area contributed by atoms with Crippen LogP contribution >= 0.6 is 0 Å². The van der Waals surface area contributed by atoms with Crippen LogP contribution in [0.5, 0.6) is 0 Å². The molecule has 0 atom stereocenters. The Labute approximate surface area is 274 Å². The van der Waals surface area contributed by atoms with E-state index in [-0.39, 0.29) is 114 Å². The van der Waals surface area contributed by atoms with Gasteiger partial charge in [-0.25, -0.2) is 22.5 Å². The Balaban J connectivity index is 0.00000225. The standard InChI is InChI=1S/C24H40OSi3.2K/c1-23(2,3)17-13-19-21(15-17)27(9,10)25-28(11,12)22-16-18(24(4,5)6)14-20(22)26(19,7)8;;/h13-16H,1-12H3;;/q-2;2*+1.